The molecule has 0 amide bonds. The highest BCUT2D eigenvalue weighted by Gasteiger charge is 2.35. The van der Waals surface area contributed by atoms with E-state index in [4.69, 9.17) is 4.74 Å². The molecule has 0 aromatic heterocycles. The first kappa shape index (κ1) is 12.4. The minimum atomic E-state index is 0.528. The lowest BCUT2D eigenvalue weighted by Crippen LogP contribution is -2.43. The Morgan fingerprint density at radius 1 is 1.39 bits per heavy atom. The van der Waals surface area contributed by atoms with Gasteiger partial charge in [0.1, 0.15) is 5.75 Å². The summed E-state index contributed by atoms with van der Waals surface area (Å²) in [6.07, 6.45) is 7.46. The quantitative estimate of drug-likeness (QED) is 0.882. The molecule has 1 fully saturated rings. The molecule has 2 nitrogen and oxygen atoms in total. The monoisotopic (exact) mass is 263 g/mol. The molecule has 3 rings (SSSR count). The van der Waals surface area contributed by atoms with Crippen LogP contribution in [0.15, 0.2) is 18.2 Å². The molecule has 0 bridgehead atoms. The fourth-order valence-electron chi connectivity index (χ4n) is 2.81. The molecule has 1 aromatic carbocycles. The Balaban J connectivity index is 1.54. The summed E-state index contributed by atoms with van der Waals surface area (Å²) < 4.78 is 6.06. The third-order valence-electron chi connectivity index (χ3n) is 4.23. The Labute approximate surface area is 113 Å². The normalized spacial score (nSPS) is 20.1. The second kappa shape index (κ2) is 5.14. The standard InChI is InChI=1S/C15H21NOS/c1-18-15(6-2-7-15)11-16-10-12-3-4-14-13(9-12)5-8-17-14/h3-4,9,16H,2,5-8,10-11H2,1H3. The van der Waals surface area contributed by atoms with Crippen molar-refractivity contribution in [3.63, 3.8) is 0 Å². The van der Waals surface area contributed by atoms with Gasteiger partial charge < -0.3 is 10.1 Å². The van der Waals surface area contributed by atoms with E-state index in [-0.39, 0.29) is 0 Å². The first-order valence-corrected chi connectivity index (χ1v) is 8.04. The van der Waals surface area contributed by atoms with Crippen molar-refractivity contribution < 1.29 is 4.74 Å². The van der Waals surface area contributed by atoms with E-state index in [1.54, 1.807) is 0 Å². The predicted octanol–water partition coefficient (Wildman–Crippen LogP) is 3.00. The average molecular weight is 263 g/mol. The van der Waals surface area contributed by atoms with Gasteiger partial charge in [0.15, 0.2) is 0 Å². The zero-order chi connectivity index (χ0) is 12.4. The lowest BCUT2D eigenvalue weighted by molar-refractivity contribution is 0.345. The molecule has 0 radical (unpaired) electrons. The summed E-state index contributed by atoms with van der Waals surface area (Å²) in [5, 5.41) is 3.62. The molecule has 0 unspecified atom stereocenters. The maximum atomic E-state index is 5.53. The van der Waals surface area contributed by atoms with Crippen molar-refractivity contribution in [1.82, 2.24) is 5.32 Å². The van der Waals surface area contributed by atoms with Crippen molar-refractivity contribution in [3.8, 4) is 5.75 Å². The number of nitrogens with one attached hydrogen (secondary N) is 1. The number of benzene rings is 1. The number of rotatable bonds is 5. The van der Waals surface area contributed by atoms with Gasteiger partial charge in [0.2, 0.25) is 0 Å². The van der Waals surface area contributed by atoms with Crippen LogP contribution in [0.2, 0.25) is 0 Å². The molecule has 1 N–H and O–H groups in total. The zero-order valence-corrected chi connectivity index (χ0v) is 11.8. The van der Waals surface area contributed by atoms with E-state index in [1.165, 1.54) is 30.4 Å². The lowest BCUT2D eigenvalue weighted by Gasteiger charge is -2.40. The smallest absolute Gasteiger partial charge is 0.122 e. The van der Waals surface area contributed by atoms with Crippen molar-refractivity contribution in [2.24, 2.45) is 0 Å². The summed E-state index contributed by atoms with van der Waals surface area (Å²) in [7, 11) is 0. The average Bonchev–Trinajstić information content (AvgIpc) is 2.80. The molecular weight excluding hydrogens is 242 g/mol. The van der Waals surface area contributed by atoms with Gasteiger partial charge in [-0.1, -0.05) is 18.6 Å². The maximum Gasteiger partial charge on any atom is 0.122 e. The molecule has 18 heavy (non-hydrogen) atoms. The zero-order valence-electron chi connectivity index (χ0n) is 11.0. The lowest BCUT2D eigenvalue weighted by atomic mass is 9.84. The highest BCUT2D eigenvalue weighted by molar-refractivity contribution is 8.00. The molecule has 1 heterocycles. The van der Waals surface area contributed by atoms with Crippen LogP contribution in [0, 0.1) is 0 Å². The van der Waals surface area contributed by atoms with Crippen LogP contribution in [0.5, 0.6) is 5.75 Å². The summed E-state index contributed by atoms with van der Waals surface area (Å²) in [6.45, 7) is 2.97. The molecule has 0 saturated heterocycles. The van der Waals surface area contributed by atoms with Gasteiger partial charge in [-0.15, -0.1) is 0 Å². The Bertz CT molecular complexity index is 423. The van der Waals surface area contributed by atoms with Crippen LogP contribution in [0.3, 0.4) is 0 Å². The summed E-state index contributed by atoms with van der Waals surface area (Å²) in [6, 6.07) is 6.60. The van der Waals surface area contributed by atoms with Gasteiger partial charge >= 0.3 is 0 Å². The number of hydrogen-bond donors (Lipinski definition) is 1. The summed E-state index contributed by atoms with van der Waals surface area (Å²) in [5.74, 6) is 1.08. The Morgan fingerprint density at radius 2 is 2.28 bits per heavy atom. The molecule has 98 valence electrons. The van der Waals surface area contributed by atoms with E-state index in [9.17, 15) is 0 Å². The minimum absolute atomic E-state index is 0.528. The van der Waals surface area contributed by atoms with E-state index in [1.807, 2.05) is 11.8 Å². The SMILES string of the molecule is CSC1(CNCc2ccc3c(c2)CCO3)CCC1. The molecule has 1 aliphatic carbocycles. The van der Waals surface area contributed by atoms with Crippen molar-refractivity contribution in [1.29, 1.82) is 0 Å². The van der Waals surface area contributed by atoms with Crippen LogP contribution >= 0.6 is 11.8 Å². The summed E-state index contributed by atoms with van der Waals surface area (Å²) in [4.78, 5) is 0. The topological polar surface area (TPSA) is 21.3 Å². The Morgan fingerprint density at radius 3 is 3.00 bits per heavy atom. The fourth-order valence-corrected chi connectivity index (χ4v) is 3.75. The highest BCUT2D eigenvalue weighted by atomic mass is 32.2. The first-order chi connectivity index (χ1) is 8.81. The van der Waals surface area contributed by atoms with E-state index in [2.05, 4.69) is 29.8 Å². The van der Waals surface area contributed by atoms with Crippen LogP contribution in [0.1, 0.15) is 30.4 Å². The van der Waals surface area contributed by atoms with Gasteiger partial charge in [0.05, 0.1) is 6.61 Å². The van der Waals surface area contributed by atoms with Crippen LogP contribution in [-0.4, -0.2) is 24.2 Å². The van der Waals surface area contributed by atoms with Gasteiger partial charge in [-0.05, 0) is 36.3 Å². The molecular formula is C15H21NOS. The number of thioether (sulfide) groups is 1. The van der Waals surface area contributed by atoms with Crippen molar-refractivity contribution in [2.45, 2.75) is 37.0 Å². The van der Waals surface area contributed by atoms with Gasteiger partial charge in [0, 0.05) is 24.3 Å². The molecule has 3 heteroatoms. The van der Waals surface area contributed by atoms with Gasteiger partial charge in [-0.25, -0.2) is 0 Å². The van der Waals surface area contributed by atoms with Crippen molar-refractivity contribution in [3.05, 3.63) is 29.3 Å². The third kappa shape index (κ3) is 2.39. The molecule has 1 aliphatic heterocycles. The molecule has 0 spiro atoms. The largest absolute Gasteiger partial charge is 0.493 e. The fraction of sp³-hybridized carbons (Fsp3) is 0.600. The van der Waals surface area contributed by atoms with E-state index < -0.39 is 0 Å². The van der Waals surface area contributed by atoms with Crippen LogP contribution in [0.25, 0.3) is 0 Å². The second-order valence-electron chi connectivity index (χ2n) is 5.38. The number of fused-ring (bicyclic) bond motifs is 1. The molecule has 1 saturated carbocycles. The first-order valence-electron chi connectivity index (χ1n) is 6.82. The van der Waals surface area contributed by atoms with Crippen molar-refractivity contribution >= 4 is 11.8 Å². The Hall–Kier alpha value is -0.670. The third-order valence-corrected chi connectivity index (χ3v) is 5.65. The van der Waals surface area contributed by atoms with Gasteiger partial charge in [0.25, 0.3) is 0 Å². The second-order valence-corrected chi connectivity index (χ2v) is 6.66. The molecule has 0 atom stereocenters. The number of hydrogen-bond acceptors (Lipinski definition) is 3. The van der Waals surface area contributed by atoms with E-state index in [0.29, 0.717) is 4.75 Å². The van der Waals surface area contributed by atoms with E-state index in [0.717, 1.165) is 31.9 Å². The highest BCUT2D eigenvalue weighted by Crippen LogP contribution is 2.42. The van der Waals surface area contributed by atoms with Gasteiger partial charge in [-0.3, -0.25) is 0 Å². The molecule has 2 aliphatic rings. The van der Waals surface area contributed by atoms with Crippen LogP contribution in [-0.2, 0) is 13.0 Å². The van der Waals surface area contributed by atoms with E-state index >= 15 is 0 Å². The Kier molecular flexibility index (Phi) is 3.53. The minimum Gasteiger partial charge on any atom is -0.493 e. The maximum absolute atomic E-state index is 5.53. The van der Waals surface area contributed by atoms with Crippen molar-refractivity contribution in [2.75, 3.05) is 19.4 Å². The van der Waals surface area contributed by atoms with Crippen LogP contribution in [0.4, 0.5) is 0 Å². The summed E-state index contributed by atoms with van der Waals surface area (Å²) in [5.41, 5.74) is 2.76. The summed E-state index contributed by atoms with van der Waals surface area (Å²) >= 11 is 2.03. The predicted molar refractivity (Wildman–Crippen MR) is 77.4 cm³/mol. The molecule has 1 aromatic rings. The number of ether oxygens (including phenoxy) is 1. The van der Waals surface area contributed by atoms with Crippen LogP contribution < -0.4 is 10.1 Å². The van der Waals surface area contributed by atoms with Gasteiger partial charge in [-0.2, -0.15) is 11.8 Å².